The highest BCUT2D eigenvalue weighted by Crippen LogP contribution is 2.23. The van der Waals surface area contributed by atoms with Crippen LogP contribution in [0.15, 0.2) is 24.3 Å². The van der Waals surface area contributed by atoms with Crippen LogP contribution in [0.3, 0.4) is 0 Å². The molecule has 0 radical (unpaired) electrons. The molecule has 170 valence electrons. The highest BCUT2D eigenvalue weighted by Gasteiger charge is 2.28. The molecule has 0 aromatic heterocycles. The first-order chi connectivity index (χ1) is 14.9. The molecule has 1 aromatic rings. The van der Waals surface area contributed by atoms with Crippen molar-refractivity contribution in [3.63, 3.8) is 0 Å². The van der Waals surface area contributed by atoms with Gasteiger partial charge in [0.2, 0.25) is 17.7 Å². The first-order valence-corrected chi connectivity index (χ1v) is 11.3. The minimum atomic E-state index is -0.396. The van der Waals surface area contributed by atoms with Gasteiger partial charge in [-0.25, -0.2) is 4.39 Å². The fraction of sp³-hybridized carbons (Fsp3) is 0.609. The second-order valence-electron chi connectivity index (χ2n) is 8.47. The van der Waals surface area contributed by atoms with Crippen molar-refractivity contribution < 1.29 is 18.8 Å². The third-order valence-electron chi connectivity index (χ3n) is 6.30. The van der Waals surface area contributed by atoms with Crippen LogP contribution in [0.5, 0.6) is 0 Å². The zero-order valence-corrected chi connectivity index (χ0v) is 18.2. The van der Waals surface area contributed by atoms with Gasteiger partial charge in [0.15, 0.2) is 0 Å². The average molecular weight is 433 g/mol. The molecule has 0 bridgehead atoms. The van der Waals surface area contributed by atoms with Crippen LogP contribution in [0.4, 0.5) is 10.1 Å². The Kier molecular flexibility index (Phi) is 8.40. The SMILES string of the molecule is CC(C(=O)Nc1cccc(F)c1)N1CCN(C(=O)CCNC(=O)C2CCCCC2)CC1. The first-order valence-electron chi connectivity index (χ1n) is 11.3. The molecular formula is C23H33FN4O3. The van der Waals surface area contributed by atoms with Crippen molar-refractivity contribution in [3.8, 4) is 0 Å². The molecule has 1 aliphatic carbocycles. The quantitative estimate of drug-likeness (QED) is 0.693. The Labute approximate surface area is 183 Å². The number of carbonyl (C=O) groups excluding carboxylic acids is 3. The van der Waals surface area contributed by atoms with E-state index in [1.54, 1.807) is 17.0 Å². The first kappa shape index (κ1) is 23.2. The Balaban J connectivity index is 1.36. The molecule has 1 aromatic carbocycles. The molecule has 8 heteroatoms. The maximum atomic E-state index is 13.3. The molecule has 3 amide bonds. The Bertz CT molecular complexity index is 774. The number of rotatable bonds is 7. The summed E-state index contributed by atoms with van der Waals surface area (Å²) in [6, 6.07) is 5.44. The van der Waals surface area contributed by atoms with Gasteiger partial charge in [0.05, 0.1) is 6.04 Å². The van der Waals surface area contributed by atoms with Gasteiger partial charge < -0.3 is 15.5 Å². The minimum Gasteiger partial charge on any atom is -0.355 e. The largest absolute Gasteiger partial charge is 0.355 e. The fourth-order valence-corrected chi connectivity index (χ4v) is 4.30. The molecule has 1 heterocycles. The number of carbonyl (C=O) groups is 3. The Hall–Kier alpha value is -2.48. The maximum Gasteiger partial charge on any atom is 0.241 e. The van der Waals surface area contributed by atoms with E-state index in [0.717, 1.165) is 25.7 Å². The van der Waals surface area contributed by atoms with Gasteiger partial charge in [-0.3, -0.25) is 19.3 Å². The summed E-state index contributed by atoms with van der Waals surface area (Å²) in [7, 11) is 0. The van der Waals surface area contributed by atoms with Gasteiger partial charge in [-0.2, -0.15) is 0 Å². The molecule has 1 saturated heterocycles. The number of amides is 3. The number of benzene rings is 1. The van der Waals surface area contributed by atoms with Crippen molar-refractivity contribution in [2.45, 2.75) is 51.5 Å². The fourth-order valence-electron chi connectivity index (χ4n) is 4.30. The van der Waals surface area contributed by atoms with E-state index < -0.39 is 5.82 Å². The van der Waals surface area contributed by atoms with Crippen LogP contribution in [0.2, 0.25) is 0 Å². The molecule has 0 spiro atoms. The zero-order chi connectivity index (χ0) is 22.2. The summed E-state index contributed by atoms with van der Waals surface area (Å²) in [5.41, 5.74) is 0.431. The van der Waals surface area contributed by atoms with E-state index in [1.807, 2.05) is 11.8 Å². The maximum absolute atomic E-state index is 13.3. The molecular weight excluding hydrogens is 399 g/mol. The number of piperazine rings is 1. The number of nitrogens with zero attached hydrogens (tertiary/aromatic N) is 2. The van der Waals surface area contributed by atoms with E-state index in [2.05, 4.69) is 10.6 Å². The van der Waals surface area contributed by atoms with Crippen molar-refractivity contribution in [1.29, 1.82) is 0 Å². The van der Waals surface area contributed by atoms with Crippen LogP contribution in [0.1, 0.15) is 45.4 Å². The average Bonchev–Trinajstić information content (AvgIpc) is 2.79. The number of halogens is 1. The number of anilines is 1. The van der Waals surface area contributed by atoms with Crippen molar-refractivity contribution >= 4 is 23.4 Å². The summed E-state index contributed by atoms with van der Waals surface area (Å²) < 4.78 is 13.3. The second kappa shape index (κ2) is 11.2. The molecule has 31 heavy (non-hydrogen) atoms. The molecule has 2 fully saturated rings. The van der Waals surface area contributed by atoms with Gasteiger partial charge in [0.25, 0.3) is 0 Å². The molecule has 1 aliphatic heterocycles. The van der Waals surface area contributed by atoms with E-state index in [0.29, 0.717) is 44.8 Å². The molecule has 2 N–H and O–H groups in total. The van der Waals surface area contributed by atoms with Crippen LogP contribution in [-0.4, -0.2) is 66.3 Å². The van der Waals surface area contributed by atoms with Crippen LogP contribution < -0.4 is 10.6 Å². The van der Waals surface area contributed by atoms with Crippen LogP contribution in [-0.2, 0) is 14.4 Å². The summed E-state index contributed by atoms with van der Waals surface area (Å²) in [6.07, 6.45) is 5.63. The summed E-state index contributed by atoms with van der Waals surface area (Å²) in [5.74, 6) is -0.383. The van der Waals surface area contributed by atoms with Crippen molar-refractivity contribution in [2.75, 3.05) is 38.0 Å². The highest BCUT2D eigenvalue weighted by atomic mass is 19.1. The zero-order valence-electron chi connectivity index (χ0n) is 18.2. The van der Waals surface area contributed by atoms with E-state index in [9.17, 15) is 18.8 Å². The summed E-state index contributed by atoms with van der Waals surface area (Å²) >= 11 is 0. The summed E-state index contributed by atoms with van der Waals surface area (Å²) in [5, 5.41) is 5.65. The molecule has 1 unspecified atom stereocenters. The van der Waals surface area contributed by atoms with Crippen LogP contribution in [0, 0.1) is 11.7 Å². The Morgan fingerprint density at radius 1 is 1.10 bits per heavy atom. The lowest BCUT2D eigenvalue weighted by Crippen LogP contribution is -2.54. The van der Waals surface area contributed by atoms with Gasteiger partial charge in [0, 0.05) is 50.7 Å². The van der Waals surface area contributed by atoms with Crippen LogP contribution in [0.25, 0.3) is 0 Å². The number of hydrogen-bond donors (Lipinski definition) is 2. The van der Waals surface area contributed by atoms with E-state index >= 15 is 0 Å². The normalized spacial score (nSPS) is 19.0. The lowest BCUT2D eigenvalue weighted by Gasteiger charge is -2.37. The second-order valence-corrected chi connectivity index (χ2v) is 8.47. The van der Waals surface area contributed by atoms with E-state index in [4.69, 9.17) is 0 Å². The summed E-state index contributed by atoms with van der Waals surface area (Å²) in [4.78, 5) is 41.0. The predicted molar refractivity (Wildman–Crippen MR) is 117 cm³/mol. The van der Waals surface area contributed by atoms with Crippen molar-refractivity contribution in [2.24, 2.45) is 5.92 Å². The molecule has 2 aliphatic rings. The van der Waals surface area contributed by atoms with E-state index in [1.165, 1.54) is 18.6 Å². The van der Waals surface area contributed by atoms with Crippen molar-refractivity contribution in [3.05, 3.63) is 30.1 Å². The Morgan fingerprint density at radius 2 is 1.81 bits per heavy atom. The highest BCUT2D eigenvalue weighted by molar-refractivity contribution is 5.94. The minimum absolute atomic E-state index is 0.0282. The molecule has 1 atom stereocenters. The third-order valence-corrected chi connectivity index (χ3v) is 6.30. The smallest absolute Gasteiger partial charge is 0.241 e. The lowest BCUT2D eigenvalue weighted by atomic mass is 9.89. The Morgan fingerprint density at radius 3 is 2.48 bits per heavy atom. The van der Waals surface area contributed by atoms with Gasteiger partial charge in [-0.05, 0) is 38.0 Å². The third kappa shape index (κ3) is 6.75. The van der Waals surface area contributed by atoms with Gasteiger partial charge in [-0.1, -0.05) is 25.3 Å². The van der Waals surface area contributed by atoms with Crippen LogP contribution >= 0.6 is 0 Å². The lowest BCUT2D eigenvalue weighted by molar-refractivity contribution is -0.133. The van der Waals surface area contributed by atoms with Gasteiger partial charge in [0.1, 0.15) is 5.82 Å². The van der Waals surface area contributed by atoms with Gasteiger partial charge >= 0.3 is 0 Å². The standard InChI is InChI=1S/C23H33FN4O3/c1-17(22(30)26-20-9-5-8-19(24)16-20)27-12-14-28(15-13-27)21(29)10-11-25-23(31)18-6-3-2-4-7-18/h5,8-9,16-18H,2-4,6-7,10-15H2,1H3,(H,25,31)(H,26,30). The number of hydrogen-bond acceptors (Lipinski definition) is 4. The van der Waals surface area contributed by atoms with E-state index in [-0.39, 0.29) is 29.7 Å². The number of nitrogens with one attached hydrogen (secondary N) is 2. The monoisotopic (exact) mass is 432 g/mol. The predicted octanol–water partition coefficient (Wildman–Crippen LogP) is 2.38. The topological polar surface area (TPSA) is 81.8 Å². The molecule has 7 nitrogen and oxygen atoms in total. The summed E-state index contributed by atoms with van der Waals surface area (Å²) in [6.45, 7) is 4.48. The van der Waals surface area contributed by atoms with Crippen molar-refractivity contribution in [1.82, 2.24) is 15.1 Å². The molecule has 3 rings (SSSR count). The van der Waals surface area contributed by atoms with Gasteiger partial charge in [-0.15, -0.1) is 0 Å². The molecule has 1 saturated carbocycles.